The first-order valence-corrected chi connectivity index (χ1v) is 32.4. The van der Waals surface area contributed by atoms with Crippen LogP contribution in [0, 0.1) is 0 Å². The second-order valence-corrected chi connectivity index (χ2v) is 24.7. The largest absolute Gasteiger partial charge is 0.309 e. The van der Waals surface area contributed by atoms with Gasteiger partial charge in [0.2, 0.25) is 0 Å². The van der Waals surface area contributed by atoms with E-state index in [4.69, 9.17) is 0 Å². The number of nitrogens with zero attached hydrogens (tertiary/aromatic N) is 4. The molecule has 0 unspecified atom stereocenters. The standard InChI is InChI=1S/C48H30N2.C42H28N2/c1-2-12-33(13-3-1)49-46-21-11-9-19-41(46)44-28-31(23-27-47(44)49)32-22-25-42-40-18-8-10-20-45(40)50(48(42)29-32)34-24-26-39-37-16-5-4-14-35(37)36-15-6-7-17-38(36)43(39)30-34;1-3-13-29(14-4-1)30-15-11-18-33(27-30)44-39-23-10-8-20-36(39)42-34(21-12-24-41(42)44)31-25-26-40-37(28-31)35-19-7-9-22-38(35)43(40)32-16-5-2-6-17-32/h1-30H;1-28H. The van der Waals surface area contributed by atoms with E-state index in [1.807, 2.05) is 0 Å². The molecule has 4 heteroatoms. The van der Waals surface area contributed by atoms with Crippen LogP contribution in [0.5, 0.6) is 0 Å². The van der Waals surface area contributed by atoms with Crippen molar-refractivity contribution >= 4 is 120 Å². The van der Waals surface area contributed by atoms with Gasteiger partial charge in [-0.05, 0) is 175 Å². The van der Waals surface area contributed by atoms with Crippen molar-refractivity contribution in [2.45, 2.75) is 0 Å². The van der Waals surface area contributed by atoms with E-state index < -0.39 is 0 Å². The van der Waals surface area contributed by atoms with Gasteiger partial charge in [0, 0.05) is 65.8 Å². The first-order chi connectivity index (χ1) is 46.7. The predicted molar refractivity (Wildman–Crippen MR) is 399 cm³/mol. The third kappa shape index (κ3) is 8.40. The molecule has 0 spiro atoms. The average Bonchev–Trinajstić information content (AvgIpc) is 1.57. The third-order valence-electron chi connectivity index (χ3n) is 19.6. The fourth-order valence-corrected chi connectivity index (χ4v) is 15.5. The van der Waals surface area contributed by atoms with Crippen LogP contribution >= 0.6 is 0 Å². The van der Waals surface area contributed by atoms with Gasteiger partial charge in [0.05, 0.1) is 44.1 Å². The summed E-state index contributed by atoms with van der Waals surface area (Å²) in [7, 11) is 0. The van der Waals surface area contributed by atoms with Crippen molar-refractivity contribution in [2.24, 2.45) is 0 Å². The Kier molecular flexibility index (Phi) is 12.3. The summed E-state index contributed by atoms with van der Waals surface area (Å²) in [5.74, 6) is 0. The molecular weight excluding hydrogens is 1140 g/mol. The molecule has 4 heterocycles. The fraction of sp³-hybridized carbons (Fsp3) is 0. The fourth-order valence-electron chi connectivity index (χ4n) is 15.5. The first kappa shape index (κ1) is 53.3. The number of para-hydroxylation sites is 6. The lowest BCUT2D eigenvalue weighted by Crippen LogP contribution is -1.95. The van der Waals surface area contributed by atoms with Crippen molar-refractivity contribution in [3.63, 3.8) is 0 Å². The minimum Gasteiger partial charge on any atom is -0.309 e. The Morgan fingerprint density at radius 2 is 0.479 bits per heavy atom. The zero-order chi connectivity index (χ0) is 61.8. The van der Waals surface area contributed by atoms with Crippen LogP contribution in [0.25, 0.3) is 176 Å². The number of rotatable bonds is 7. The summed E-state index contributed by atoms with van der Waals surface area (Å²) in [4.78, 5) is 0. The van der Waals surface area contributed by atoms with Crippen molar-refractivity contribution in [1.82, 2.24) is 18.3 Å². The summed E-state index contributed by atoms with van der Waals surface area (Å²) < 4.78 is 9.63. The lowest BCUT2D eigenvalue weighted by molar-refractivity contribution is 1.18. The minimum absolute atomic E-state index is 1.16. The van der Waals surface area contributed by atoms with E-state index in [9.17, 15) is 0 Å². The Bertz CT molecular complexity index is 6370. The van der Waals surface area contributed by atoms with Gasteiger partial charge in [-0.2, -0.15) is 0 Å². The summed E-state index contributed by atoms with van der Waals surface area (Å²) in [6.07, 6.45) is 0. The SMILES string of the molecule is c1ccc(-c2cccc(-n3c4ccccc4c4c(-c5ccc6c(c5)c5ccccc5n6-c5ccccc5)cccc43)c2)cc1.c1ccc(-n2c3ccccc3c3cc(-c4ccc5c6ccccc6n(-c6ccc7c8ccccc8c8ccccc8c7c6)c5c4)ccc32)cc1. The normalized spacial score (nSPS) is 11.8. The van der Waals surface area contributed by atoms with Crippen LogP contribution in [-0.2, 0) is 0 Å². The lowest BCUT2D eigenvalue weighted by atomic mass is 9.94. The summed E-state index contributed by atoms with van der Waals surface area (Å²) in [5, 5.41) is 17.8. The molecule has 16 aromatic carbocycles. The molecule has 438 valence electrons. The smallest absolute Gasteiger partial charge is 0.0547 e. The van der Waals surface area contributed by atoms with E-state index in [1.54, 1.807) is 0 Å². The van der Waals surface area contributed by atoms with Gasteiger partial charge >= 0.3 is 0 Å². The number of aromatic nitrogens is 4. The molecule has 0 aliphatic heterocycles. The van der Waals surface area contributed by atoms with Crippen LogP contribution in [0.15, 0.2) is 352 Å². The summed E-state index contributed by atoms with van der Waals surface area (Å²) >= 11 is 0. The van der Waals surface area contributed by atoms with Gasteiger partial charge in [-0.15, -0.1) is 0 Å². The topological polar surface area (TPSA) is 19.7 Å². The van der Waals surface area contributed by atoms with E-state index in [-0.39, 0.29) is 0 Å². The minimum atomic E-state index is 1.16. The van der Waals surface area contributed by atoms with Gasteiger partial charge in [-0.25, -0.2) is 0 Å². The van der Waals surface area contributed by atoms with Crippen LogP contribution in [0.4, 0.5) is 0 Å². The molecule has 20 aromatic rings. The van der Waals surface area contributed by atoms with Crippen LogP contribution in [0.2, 0.25) is 0 Å². The molecule has 0 atom stereocenters. The number of benzene rings is 16. The van der Waals surface area contributed by atoms with Crippen LogP contribution in [0.1, 0.15) is 0 Å². The van der Waals surface area contributed by atoms with Gasteiger partial charge in [0.1, 0.15) is 0 Å². The Morgan fingerprint density at radius 1 is 0.138 bits per heavy atom. The third-order valence-corrected chi connectivity index (χ3v) is 19.6. The van der Waals surface area contributed by atoms with Gasteiger partial charge in [0.25, 0.3) is 0 Å². The monoisotopic (exact) mass is 1190 g/mol. The van der Waals surface area contributed by atoms with E-state index in [1.165, 1.54) is 170 Å². The zero-order valence-corrected chi connectivity index (χ0v) is 51.3. The number of hydrogen-bond donors (Lipinski definition) is 0. The maximum absolute atomic E-state index is 2.46. The van der Waals surface area contributed by atoms with Crippen molar-refractivity contribution in [3.8, 4) is 56.1 Å². The van der Waals surface area contributed by atoms with E-state index in [0.29, 0.717) is 0 Å². The quantitative estimate of drug-likeness (QED) is 0.142. The molecule has 0 amide bonds. The number of fused-ring (bicyclic) bond motifs is 18. The van der Waals surface area contributed by atoms with Crippen molar-refractivity contribution < 1.29 is 0 Å². The highest BCUT2D eigenvalue weighted by Gasteiger charge is 2.21. The summed E-state index contributed by atoms with van der Waals surface area (Å²) in [6, 6.07) is 128. The maximum atomic E-state index is 2.46. The highest BCUT2D eigenvalue weighted by Crippen LogP contribution is 2.44. The van der Waals surface area contributed by atoms with Crippen molar-refractivity contribution in [3.05, 3.63) is 352 Å². The molecule has 0 N–H and O–H groups in total. The molecular formula is C90H58N4. The predicted octanol–water partition coefficient (Wildman–Crippen LogP) is 24.2. The van der Waals surface area contributed by atoms with Gasteiger partial charge in [-0.1, -0.05) is 243 Å². The van der Waals surface area contributed by atoms with E-state index in [2.05, 4.69) is 370 Å². The highest BCUT2D eigenvalue weighted by molar-refractivity contribution is 6.26. The molecule has 94 heavy (non-hydrogen) atoms. The average molecular weight is 1200 g/mol. The highest BCUT2D eigenvalue weighted by atomic mass is 15.0. The molecule has 0 saturated heterocycles. The molecule has 0 aliphatic rings. The second-order valence-electron chi connectivity index (χ2n) is 24.7. The first-order valence-electron chi connectivity index (χ1n) is 32.4. The lowest BCUT2D eigenvalue weighted by Gasteiger charge is -2.14. The molecule has 0 radical (unpaired) electrons. The van der Waals surface area contributed by atoms with Crippen molar-refractivity contribution in [2.75, 3.05) is 0 Å². The van der Waals surface area contributed by atoms with Crippen molar-refractivity contribution in [1.29, 1.82) is 0 Å². The van der Waals surface area contributed by atoms with Gasteiger partial charge < -0.3 is 18.3 Å². The molecule has 0 fully saturated rings. The van der Waals surface area contributed by atoms with E-state index >= 15 is 0 Å². The molecule has 0 bridgehead atoms. The number of hydrogen-bond acceptors (Lipinski definition) is 0. The summed E-state index contributed by atoms with van der Waals surface area (Å²) in [5.41, 5.74) is 21.7. The molecule has 4 nitrogen and oxygen atoms in total. The molecule has 20 rings (SSSR count). The zero-order valence-electron chi connectivity index (χ0n) is 51.3. The Balaban J connectivity index is 0.000000135. The Morgan fingerprint density at radius 3 is 1.07 bits per heavy atom. The second kappa shape index (κ2) is 21.6. The molecule has 0 saturated carbocycles. The van der Waals surface area contributed by atoms with Crippen LogP contribution in [0.3, 0.4) is 0 Å². The Labute approximate surface area is 542 Å². The molecule has 0 aliphatic carbocycles. The van der Waals surface area contributed by atoms with E-state index in [0.717, 1.165) is 5.69 Å². The summed E-state index contributed by atoms with van der Waals surface area (Å²) in [6.45, 7) is 0. The maximum Gasteiger partial charge on any atom is 0.0547 e. The van der Waals surface area contributed by atoms with Gasteiger partial charge in [-0.3, -0.25) is 0 Å². The van der Waals surface area contributed by atoms with Crippen LogP contribution < -0.4 is 0 Å². The molecule has 4 aromatic heterocycles. The Hall–Kier alpha value is -12.5. The van der Waals surface area contributed by atoms with Crippen LogP contribution in [-0.4, -0.2) is 18.3 Å². The van der Waals surface area contributed by atoms with Gasteiger partial charge in [0.15, 0.2) is 0 Å².